The van der Waals surface area contributed by atoms with Crippen molar-refractivity contribution in [1.29, 1.82) is 0 Å². The number of benzene rings is 2. The van der Waals surface area contributed by atoms with E-state index in [0.29, 0.717) is 10.7 Å². The van der Waals surface area contributed by atoms with Gasteiger partial charge in [-0.15, -0.1) is 0 Å². The molecule has 0 aliphatic rings. The van der Waals surface area contributed by atoms with Gasteiger partial charge in [-0.2, -0.15) is 0 Å². The lowest BCUT2D eigenvalue weighted by atomic mass is 10.0. The van der Waals surface area contributed by atoms with Crippen LogP contribution in [0.5, 0.6) is 5.75 Å². The van der Waals surface area contributed by atoms with Crippen molar-refractivity contribution in [3.63, 3.8) is 0 Å². The number of hydrogen-bond donors (Lipinski definition) is 2. The average Bonchev–Trinajstić information content (AvgIpc) is 2.47. The first-order chi connectivity index (χ1) is 10.0. The second kappa shape index (κ2) is 6.61. The van der Waals surface area contributed by atoms with Gasteiger partial charge in [-0.05, 0) is 35.7 Å². The van der Waals surface area contributed by atoms with Crippen LogP contribution in [0.3, 0.4) is 0 Å². The van der Waals surface area contributed by atoms with Crippen LogP contribution in [0.4, 0.5) is 5.69 Å². The zero-order valence-corrected chi connectivity index (χ0v) is 12.5. The van der Waals surface area contributed by atoms with Gasteiger partial charge in [0.05, 0.1) is 10.6 Å². The van der Waals surface area contributed by atoms with Crippen LogP contribution in [0.15, 0.2) is 42.5 Å². The topological polar surface area (TPSA) is 58.6 Å². The zero-order chi connectivity index (χ0) is 15.4. The molecule has 110 valence electrons. The molecule has 0 atom stereocenters. The van der Waals surface area contributed by atoms with Crippen molar-refractivity contribution < 1.29 is 14.7 Å². The second-order valence-corrected chi connectivity index (χ2v) is 5.30. The maximum Gasteiger partial charge on any atom is 0.345 e. The Morgan fingerprint density at radius 2 is 1.95 bits per heavy atom. The molecule has 0 aromatic heterocycles. The van der Waals surface area contributed by atoms with Crippen LogP contribution in [-0.2, 0) is 0 Å². The Kier molecular flexibility index (Phi) is 4.83. The number of anilines is 1. The Balaban J connectivity index is 2.32. The van der Waals surface area contributed by atoms with E-state index in [1.807, 2.05) is 25.4 Å². The summed E-state index contributed by atoms with van der Waals surface area (Å²) in [6.07, 6.45) is 0. The van der Waals surface area contributed by atoms with Crippen molar-refractivity contribution in [3.05, 3.63) is 58.6 Å². The average molecular weight is 306 g/mol. The zero-order valence-electron chi connectivity index (χ0n) is 11.8. The molecule has 0 heterocycles. The minimum Gasteiger partial charge on any atom is -0.421 e. The number of hydrogen-bond acceptors (Lipinski definition) is 4. The summed E-state index contributed by atoms with van der Waals surface area (Å²) in [5, 5.41) is 9.44. The molecule has 0 saturated heterocycles. The normalized spacial score (nSPS) is 10.5. The summed E-state index contributed by atoms with van der Waals surface area (Å²) in [5.41, 5.74) is 3.61. The van der Waals surface area contributed by atoms with Gasteiger partial charge in [-0.25, -0.2) is 4.79 Å². The quantitative estimate of drug-likeness (QED) is 0.496. The lowest BCUT2D eigenvalue weighted by Gasteiger charge is -2.13. The standard InChI is InChI=1S/C16H16ClNO3/c1-10(2)11-7-8-14(18-20)15(9-11)21-16(19)12-5-3-4-6-13(12)17/h3-10,18,20H,1-2H3. The van der Waals surface area contributed by atoms with Crippen molar-refractivity contribution in [2.75, 3.05) is 5.48 Å². The summed E-state index contributed by atoms with van der Waals surface area (Å²) >= 11 is 5.97. The fraction of sp³-hybridized carbons (Fsp3) is 0.188. The molecule has 0 bridgehead atoms. The van der Waals surface area contributed by atoms with Crippen molar-refractivity contribution in [2.24, 2.45) is 0 Å². The number of halogens is 1. The third-order valence-electron chi connectivity index (χ3n) is 3.09. The third kappa shape index (κ3) is 3.54. The van der Waals surface area contributed by atoms with Crippen LogP contribution in [0.2, 0.25) is 5.02 Å². The Labute approximate surface area is 128 Å². The Bertz CT molecular complexity index is 656. The second-order valence-electron chi connectivity index (χ2n) is 4.89. The van der Waals surface area contributed by atoms with Crippen LogP contribution in [-0.4, -0.2) is 11.2 Å². The molecule has 4 nitrogen and oxygen atoms in total. The molecule has 0 amide bonds. The smallest absolute Gasteiger partial charge is 0.345 e. The highest BCUT2D eigenvalue weighted by molar-refractivity contribution is 6.33. The molecule has 0 spiro atoms. The highest BCUT2D eigenvalue weighted by atomic mass is 35.5. The minimum atomic E-state index is -0.571. The van der Waals surface area contributed by atoms with E-state index in [1.165, 1.54) is 0 Å². The van der Waals surface area contributed by atoms with E-state index in [9.17, 15) is 4.79 Å². The molecule has 0 fully saturated rings. The van der Waals surface area contributed by atoms with Crippen LogP contribution in [0.25, 0.3) is 0 Å². The van der Waals surface area contributed by atoms with Gasteiger partial charge in [-0.3, -0.25) is 10.7 Å². The summed E-state index contributed by atoms with van der Waals surface area (Å²) in [7, 11) is 0. The molecule has 2 rings (SSSR count). The van der Waals surface area contributed by atoms with Gasteiger partial charge in [-0.1, -0.05) is 43.6 Å². The molecule has 5 heteroatoms. The first kappa shape index (κ1) is 15.4. The van der Waals surface area contributed by atoms with Crippen molar-refractivity contribution in [1.82, 2.24) is 0 Å². The summed E-state index contributed by atoms with van der Waals surface area (Å²) in [6, 6.07) is 11.9. The van der Waals surface area contributed by atoms with E-state index in [-0.39, 0.29) is 17.2 Å². The first-order valence-electron chi connectivity index (χ1n) is 6.53. The van der Waals surface area contributed by atoms with Gasteiger partial charge >= 0.3 is 5.97 Å². The molecular formula is C16H16ClNO3. The van der Waals surface area contributed by atoms with Crippen molar-refractivity contribution in [2.45, 2.75) is 19.8 Å². The molecule has 0 unspecified atom stereocenters. The Hall–Kier alpha value is -2.04. The molecule has 0 saturated carbocycles. The highest BCUT2D eigenvalue weighted by Gasteiger charge is 2.15. The number of ether oxygens (including phenoxy) is 1. The first-order valence-corrected chi connectivity index (χ1v) is 6.91. The van der Waals surface area contributed by atoms with Crippen molar-refractivity contribution in [3.8, 4) is 5.75 Å². The third-order valence-corrected chi connectivity index (χ3v) is 3.42. The summed E-state index contributed by atoms with van der Waals surface area (Å²) in [5.74, 6) is -0.0397. The van der Waals surface area contributed by atoms with E-state index in [0.717, 1.165) is 5.56 Å². The number of rotatable bonds is 4. The maximum atomic E-state index is 12.2. The fourth-order valence-electron chi connectivity index (χ4n) is 1.86. The molecule has 21 heavy (non-hydrogen) atoms. The van der Waals surface area contributed by atoms with Crippen LogP contribution >= 0.6 is 11.6 Å². The Morgan fingerprint density at radius 1 is 1.24 bits per heavy atom. The molecule has 0 radical (unpaired) electrons. The number of carbonyl (C=O) groups is 1. The maximum absolute atomic E-state index is 12.2. The molecule has 0 aliphatic carbocycles. The highest BCUT2D eigenvalue weighted by Crippen LogP contribution is 2.30. The SMILES string of the molecule is CC(C)c1ccc(NO)c(OC(=O)c2ccccc2Cl)c1. The molecule has 2 N–H and O–H groups in total. The number of carbonyl (C=O) groups excluding carboxylic acids is 1. The van der Waals surface area contributed by atoms with E-state index in [2.05, 4.69) is 0 Å². The van der Waals surface area contributed by atoms with E-state index < -0.39 is 5.97 Å². The van der Waals surface area contributed by atoms with Gasteiger partial charge in [0, 0.05) is 0 Å². The van der Waals surface area contributed by atoms with Gasteiger partial charge in [0.2, 0.25) is 0 Å². The summed E-state index contributed by atoms with van der Waals surface area (Å²) < 4.78 is 5.35. The van der Waals surface area contributed by atoms with Gasteiger partial charge in [0.1, 0.15) is 5.69 Å². The molecule has 2 aromatic carbocycles. The minimum absolute atomic E-state index is 0.258. The predicted molar refractivity (Wildman–Crippen MR) is 82.4 cm³/mol. The Morgan fingerprint density at radius 3 is 2.57 bits per heavy atom. The molecule has 2 aromatic rings. The largest absolute Gasteiger partial charge is 0.421 e. The molecular weight excluding hydrogens is 290 g/mol. The summed E-state index contributed by atoms with van der Waals surface area (Å²) in [6.45, 7) is 4.06. The number of esters is 1. The lowest BCUT2D eigenvalue weighted by Crippen LogP contribution is -2.10. The molecule has 0 aliphatic heterocycles. The van der Waals surface area contributed by atoms with E-state index in [1.54, 1.807) is 36.4 Å². The summed E-state index contributed by atoms with van der Waals surface area (Å²) in [4.78, 5) is 12.2. The fourth-order valence-corrected chi connectivity index (χ4v) is 2.07. The van der Waals surface area contributed by atoms with Gasteiger partial charge in [0.25, 0.3) is 0 Å². The van der Waals surface area contributed by atoms with Gasteiger partial charge < -0.3 is 4.74 Å². The predicted octanol–water partition coefficient (Wildman–Crippen LogP) is 4.48. The monoisotopic (exact) mass is 305 g/mol. The van der Waals surface area contributed by atoms with Gasteiger partial charge in [0.15, 0.2) is 5.75 Å². The van der Waals surface area contributed by atoms with Crippen LogP contribution < -0.4 is 10.2 Å². The van der Waals surface area contributed by atoms with Crippen LogP contribution in [0, 0.1) is 0 Å². The van der Waals surface area contributed by atoms with Crippen molar-refractivity contribution >= 4 is 23.3 Å². The van der Waals surface area contributed by atoms with E-state index in [4.69, 9.17) is 21.5 Å². The number of nitrogens with one attached hydrogen (secondary N) is 1. The van der Waals surface area contributed by atoms with Crippen LogP contribution in [0.1, 0.15) is 35.7 Å². The van der Waals surface area contributed by atoms with E-state index >= 15 is 0 Å². The lowest BCUT2D eigenvalue weighted by molar-refractivity contribution is 0.0735.